The lowest BCUT2D eigenvalue weighted by Crippen LogP contribution is -2.56. The number of amides is 3. The number of carbonyl (C=O) groups is 3. The van der Waals surface area contributed by atoms with E-state index >= 15 is 0 Å². The van der Waals surface area contributed by atoms with Crippen LogP contribution in [0.1, 0.15) is 56.1 Å². The van der Waals surface area contributed by atoms with E-state index in [1.165, 1.54) is 13.3 Å². The van der Waals surface area contributed by atoms with Crippen LogP contribution in [0.15, 0.2) is 24.3 Å². The van der Waals surface area contributed by atoms with Crippen LogP contribution in [0.2, 0.25) is 0 Å². The first kappa shape index (κ1) is 24.9. The van der Waals surface area contributed by atoms with Gasteiger partial charge in [0, 0.05) is 6.04 Å². The van der Waals surface area contributed by atoms with E-state index in [1.807, 2.05) is 0 Å². The number of aromatic nitrogens is 2. The molecule has 6 N–H and O–H groups in total. The minimum Gasteiger partial charge on any atom is -0.382 e. The Morgan fingerprint density at radius 1 is 1.16 bits per heavy atom. The standard InChI is InChI=1S/C21H29N5O4.ClH/c1-12(22)19(28)26(21(30)18-24-15-9-5-6-10-16(15)25-18)20(29)17(27)14(23)11-13-7-3-2-4-8-13;/h5-6,9-10,12-14,17,27H,2-4,7-8,11,22-23H2,1H3,(H,24,25);1H/t12?,14-,17?;/m1./s1. The number of carbonyl (C=O) groups excluding carboxylic acids is 3. The molecule has 9 nitrogen and oxygen atoms in total. The van der Waals surface area contributed by atoms with Gasteiger partial charge >= 0.3 is 5.91 Å². The van der Waals surface area contributed by atoms with Crippen molar-refractivity contribution >= 4 is 41.2 Å². The van der Waals surface area contributed by atoms with Crippen molar-refractivity contribution in [2.75, 3.05) is 0 Å². The minimum absolute atomic E-state index is 0. The number of nitrogens with two attached hydrogens (primary N) is 2. The van der Waals surface area contributed by atoms with Crippen LogP contribution in [-0.4, -0.2) is 55.9 Å². The molecule has 1 fully saturated rings. The first-order valence-electron chi connectivity index (χ1n) is 10.4. The summed E-state index contributed by atoms with van der Waals surface area (Å²) in [4.78, 5) is 45.9. The number of aliphatic hydroxyl groups excluding tert-OH is 1. The van der Waals surface area contributed by atoms with Gasteiger partial charge in [-0.25, -0.2) is 9.88 Å². The summed E-state index contributed by atoms with van der Waals surface area (Å²) in [6.45, 7) is 1.36. The van der Waals surface area contributed by atoms with Gasteiger partial charge in [0.25, 0.3) is 11.8 Å². The largest absolute Gasteiger partial charge is 0.382 e. The summed E-state index contributed by atoms with van der Waals surface area (Å²) in [6.07, 6.45) is 4.12. The number of rotatable bonds is 6. The number of hydrogen-bond acceptors (Lipinski definition) is 7. The number of H-pyrrole nitrogens is 1. The maximum Gasteiger partial charge on any atom is 0.303 e. The van der Waals surface area contributed by atoms with Gasteiger partial charge in [-0.05, 0) is 31.4 Å². The van der Waals surface area contributed by atoms with Gasteiger partial charge in [0.1, 0.15) is 6.10 Å². The maximum absolute atomic E-state index is 13.0. The normalized spacial score (nSPS) is 17.4. The number of hydrogen-bond donors (Lipinski definition) is 4. The molecular formula is C21H30ClN5O4. The lowest BCUT2D eigenvalue weighted by molar-refractivity contribution is -0.148. The molecule has 2 unspecified atom stereocenters. The van der Waals surface area contributed by atoms with Crippen LogP contribution in [-0.2, 0) is 9.59 Å². The predicted octanol–water partition coefficient (Wildman–Crippen LogP) is 1.49. The average Bonchev–Trinajstić information content (AvgIpc) is 3.18. The Morgan fingerprint density at radius 3 is 2.42 bits per heavy atom. The highest BCUT2D eigenvalue weighted by Gasteiger charge is 2.39. The molecule has 170 valence electrons. The molecule has 0 bridgehead atoms. The highest BCUT2D eigenvalue weighted by Crippen LogP contribution is 2.27. The number of halogens is 1. The van der Waals surface area contributed by atoms with Gasteiger partial charge in [-0.15, -0.1) is 12.4 Å². The van der Waals surface area contributed by atoms with Crippen molar-refractivity contribution in [1.82, 2.24) is 14.9 Å². The Balaban J connectivity index is 0.00000341. The van der Waals surface area contributed by atoms with Crippen LogP contribution in [0.3, 0.4) is 0 Å². The van der Waals surface area contributed by atoms with Crippen molar-refractivity contribution in [3.05, 3.63) is 30.1 Å². The molecule has 1 aromatic carbocycles. The highest BCUT2D eigenvalue weighted by molar-refractivity contribution is 6.17. The van der Waals surface area contributed by atoms with E-state index in [4.69, 9.17) is 11.5 Å². The molecule has 1 aliphatic rings. The molecule has 1 saturated carbocycles. The zero-order valence-electron chi connectivity index (χ0n) is 17.5. The number of fused-ring (bicyclic) bond motifs is 1. The summed E-state index contributed by atoms with van der Waals surface area (Å²) in [6, 6.07) is 4.92. The zero-order chi connectivity index (χ0) is 21.8. The SMILES string of the molecule is CC(N)C(=O)N(C(=O)c1nc2ccccc2[nH]1)C(=O)C(O)[C@H](N)CC1CCCCC1.Cl. The van der Waals surface area contributed by atoms with Crippen molar-refractivity contribution in [3.8, 4) is 0 Å². The number of imidazole rings is 1. The predicted molar refractivity (Wildman–Crippen MR) is 118 cm³/mol. The molecular weight excluding hydrogens is 422 g/mol. The molecule has 0 aliphatic heterocycles. The summed E-state index contributed by atoms with van der Waals surface area (Å²) < 4.78 is 0. The summed E-state index contributed by atoms with van der Waals surface area (Å²) in [7, 11) is 0. The fourth-order valence-electron chi connectivity index (χ4n) is 3.92. The number of nitrogens with one attached hydrogen (secondary N) is 1. The van der Waals surface area contributed by atoms with Crippen molar-refractivity contribution in [1.29, 1.82) is 0 Å². The Bertz CT molecular complexity index is 892. The topological polar surface area (TPSA) is 155 Å². The second kappa shape index (κ2) is 10.8. The number of para-hydroxylation sites is 2. The van der Waals surface area contributed by atoms with E-state index in [0.29, 0.717) is 28.3 Å². The van der Waals surface area contributed by atoms with E-state index in [-0.39, 0.29) is 18.2 Å². The smallest absolute Gasteiger partial charge is 0.303 e. The van der Waals surface area contributed by atoms with Gasteiger partial charge in [0.2, 0.25) is 0 Å². The Labute approximate surface area is 187 Å². The van der Waals surface area contributed by atoms with E-state index in [9.17, 15) is 19.5 Å². The molecule has 1 heterocycles. The van der Waals surface area contributed by atoms with Gasteiger partial charge in [0.15, 0.2) is 5.82 Å². The first-order chi connectivity index (χ1) is 14.3. The third kappa shape index (κ3) is 5.68. The Hall–Kier alpha value is -2.33. The van der Waals surface area contributed by atoms with Crippen LogP contribution in [0.25, 0.3) is 11.0 Å². The molecule has 0 radical (unpaired) electrons. The molecule has 0 saturated heterocycles. The van der Waals surface area contributed by atoms with E-state index < -0.39 is 35.9 Å². The van der Waals surface area contributed by atoms with E-state index in [1.54, 1.807) is 24.3 Å². The van der Waals surface area contributed by atoms with Crippen molar-refractivity contribution in [3.63, 3.8) is 0 Å². The Kier molecular flexibility index (Phi) is 8.69. The second-order valence-electron chi connectivity index (χ2n) is 8.06. The van der Waals surface area contributed by atoms with Crippen LogP contribution >= 0.6 is 12.4 Å². The van der Waals surface area contributed by atoms with E-state index in [0.717, 1.165) is 25.7 Å². The van der Waals surface area contributed by atoms with E-state index in [2.05, 4.69) is 9.97 Å². The summed E-state index contributed by atoms with van der Waals surface area (Å²) in [5, 5.41) is 10.6. The lowest BCUT2D eigenvalue weighted by Gasteiger charge is -2.29. The quantitative estimate of drug-likeness (QED) is 0.518. The molecule has 3 amide bonds. The molecule has 3 rings (SSSR count). The number of benzene rings is 1. The minimum atomic E-state index is -1.69. The lowest BCUT2D eigenvalue weighted by atomic mass is 9.84. The zero-order valence-corrected chi connectivity index (χ0v) is 18.3. The van der Waals surface area contributed by atoms with Gasteiger partial charge in [-0.3, -0.25) is 14.4 Å². The molecule has 0 spiro atoms. The monoisotopic (exact) mass is 451 g/mol. The van der Waals surface area contributed by atoms with Gasteiger partial charge in [-0.2, -0.15) is 0 Å². The fourth-order valence-corrected chi connectivity index (χ4v) is 3.92. The van der Waals surface area contributed by atoms with Crippen molar-refractivity contribution < 1.29 is 19.5 Å². The van der Waals surface area contributed by atoms with Gasteiger partial charge in [0.05, 0.1) is 17.1 Å². The number of aromatic amines is 1. The Morgan fingerprint density at radius 2 is 1.81 bits per heavy atom. The van der Waals surface area contributed by atoms with Crippen molar-refractivity contribution in [2.24, 2.45) is 17.4 Å². The van der Waals surface area contributed by atoms with Gasteiger partial charge < -0.3 is 21.6 Å². The van der Waals surface area contributed by atoms with Gasteiger partial charge in [-0.1, -0.05) is 44.2 Å². The van der Waals surface area contributed by atoms with Crippen LogP contribution in [0.5, 0.6) is 0 Å². The third-order valence-electron chi connectivity index (χ3n) is 5.61. The summed E-state index contributed by atoms with van der Waals surface area (Å²) in [5.41, 5.74) is 12.8. The molecule has 2 aromatic rings. The van der Waals surface area contributed by atoms with Crippen LogP contribution in [0, 0.1) is 5.92 Å². The summed E-state index contributed by atoms with van der Waals surface area (Å²) in [5.74, 6) is -2.84. The first-order valence-corrected chi connectivity index (χ1v) is 10.4. The number of aliphatic hydroxyl groups is 1. The summed E-state index contributed by atoms with van der Waals surface area (Å²) >= 11 is 0. The highest BCUT2D eigenvalue weighted by atomic mass is 35.5. The molecule has 1 aromatic heterocycles. The fraction of sp³-hybridized carbons (Fsp3) is 0.524. The molecule has 1 aliphatic carbocycles. The van der Waals surface area contributed by atoms with Crippen LogP contribution in [0.4, 0.5) is 0 Å². The molecule has 10 heteroatoms. The number of nitrogens with zero attached hydrogens (tertiary/aromatic N) is 2. The third-order valence-corrected chi connectivity index (χ3v) is 5.61. The second-order valence-corrected chi connectivity index (χ2v) is 8.06. The average molecular weight is 452 g/mol. The number of imide groups is 3. The molecule has 31 heavy (non-hydrogen) atoms. The van der Waals surface area contributed by atoms with Crippen molar-refractivity contribution in [2.45, 2.75) is 63.6 Å². The maximum atomic E-state index is 13.0. The molecule has 3 atom stereocenters. The van der Waals surface area contributed by atoms with Crippen LogP contribution < -0.4 is 11.5 Å².